The molecule has 1 saturated heterocycles. The van der Waals surface area contributed by atoms with Crippen LogP contribution in [0.1, 0.15) is 29.8 Å². The number of rotatable bonds is 6. The van der Waals surface area contributed by atoms with Gasteiger partial charge in [-0.05, 0) is 23.8 Å². The number of aromatic nitrogens is 1. The molecule has 1 aromatic heterocycles. The molecule has 2 aromatic carbocycles. The molecular formula is C22H21N3O4. The Labute approximate surface area is 167 Å². The number of H-pyrrole nitrogens is 1. The van der Waals surface area contributed by atoms with Crippen LogP contribution in [0.2, 0.25) is 0 Å². The largest absolute Gasteiger partial charge is 0.493 e. The van der Waals surface area contributed by atoms with Crippen molar-refractivity contribution in [2.24, 2.45) is 0 Å². The molecule has 0 saturated carbocycles. The summed E-state index contributed by atoms with van der Waals surface area (Å²) in [4.78, 5) is 15.8. The number of benzene rings is 2. The van der Waals surface area contributed by atoms with E-state index in [0.29, 0.717) is 24.3 Å². The zero-order valence-electron chi connectivity index (χ0n) is 15.7. The van der Waals surface area contributed by atoms with Crippen LogP contribution < -0.4 is 10.1 Å². The van der Waals surface area contributed by atoms with Gasteiger partial charge in [-0.1, -0.05) is 30.3 Å². The Morgan fingerprint density at radius 1 is 1.24 bits per heavy atom. The minimum atomic E-state index is -0.906. The van der Waals surface area contributed by atoms with Crippen LogP contribution in [0.5, 0.6) is 5.75 Å². The summed E-state index contributed by atoms with van der Waals surface area (Å²) in [5.41, 5.74) is 2.38. The minimum absolute atomic E-state index is 0.192. The zero-order valence-corrected chi connectivity index (χ0v) is 15.7. The first-order valence-electron chi connectivity index (χ1n) is 9.43. The van der Waals surface area contributed by atoms with E-state index in [1.165, 1.54) is 0 Å². The van der Waals surface area contributed by atoms with E-state index in [2.05, 4.69) is 10.3 Å². The third kappa shape index (κ3) is 3.94. The highest BCUT2D eigenvalue weighted by Crippen LogP contribution is 2.31. The smallest absolute Gasteiger partial charge is 0.254 e. The molecule has 7 nitrogen and oxygen atoms in total. The number of aliphatic hydroxyl groups is 1. The molecule has 29 heavy (non-hydrogen) atoms. The van der Waals surface area contributed by atoms with E-state index in [1.54, 1.807) is 30.5 Å². The molecule has 7 heteroatoms. The van der Waals surface area contributed by atoms with Crippen molar-refractivity contribution in [1.82, 2.24) is 10.3 Å². The van der Waals surface area contributed by atoms with Gasteiger partial charge in [0.05, 0.1) is 25.1 Å². The number of ether oxygens (including phenoxy) is 2. The quantitative estimate of drug-likeness (QED) is 0.560. The lowest BCUT2D eigenvalue weighted by Gasteiger charge is -2.32. The maximum absolute atomic E-state index is 12.7. The number of nitriles is 1. The predicted molar refractivity (Wildman–Crippen MR) is 106 cm³/mol. The van der Waals surface area contributed by atoms with Crippen molar-refractivity contribution in [2.75, 3.05) is 13.2 Å². The third-order valence-corrected chi connectivity index (χ3v) is 5.00. The molecule has 1 amide bonds. The minimum Gasteiger partial charge on any atom is -0.493 e. The number of aromatic amines is 1. The summed E-state index contributed by atoms with van der Waals surface area (Å²) < 4.78 is 11.3. The summed E-state index contributed by atoms with van der Waals surface area (Å²) in [6.45, 7) is 0.512. The van der Waals surface area contributed by atoms with Crippen molar-refractivity contribution < 1.29 is 19.4 Å². The topological polar surface area (TPSA) is 107 Å². The van der Waals surface area contributed by atoms with E-state index in [1.807, 2.05) is 30.3 Å². The number of nitrogens with zero attached hydrogens (tertiary/aromatic N) is 1. The monoisotopic (exact) mass is 391 g/mol. The van der Waals surface area contributed by atoms with Gasteiger partial charge in [0.1, 0.15) is 18.5 Å². The number of hydrogen-bond donors (Lipinski definition) is 3. The lowest BCUT2D eigenvalue weighted by molar-refractivity contribution is -0.144. The van der Waals surface area contributed by atoms with Gasteiger partial charge in [-0.3, -0.25) is 4.79 Å². The molecule has 0 unspecified atom stereocenters. The molecule has 0 radical (unpaired) electrons. The standard InChI is InChI=1S/C22H21N3O4/c23-10-3-11-28-15-8-6-14(7-9-15)20(26)19-13-29-21(22(27)25-19)17-12-24-18-5-2-1-4-16(17)18/h1-2,4-9,12,19-21,24,26H,3,11,13H2,(H,25,27)/t19-,20+,21-/m0/s1. The molecule has 1 aliphatic rings. The molecule has 1 fully saturated rings. The molecule has 3 N–H and O–H groups in total. The van der Waals surface area contributed by atoms with Crippen molar-refractivity contribution in [3.8, 4) is 11.8 Å². The van der Waals surface area contributed by atoms with Crippen molar-refractivity contribution in [3.05, 3.63) is 65.9 Å². The first-order valence-corrected chi connectivity index (χ1v) is 9.43. The van der Waals surface area contributed by atoms with Gasteiger partial charge in [0, 0.05) is 22.7 Å². The highest BCUT2D eigenvalue weighted by Gasteiger charge is 2.35. The van der Waals surface area contributed by atoms with Crippen LogP contribution in [-0.2, 0) is 9.53 Å². The number of fused-ring (bicyclic) bond motifs is 1. The summed E-state index contributed by atoms with van der Waals surface area (Å²) in [6, 6.07) is 16.1. The highest BCUT2D eigenvalue weighted by atomic mass is 16.5. The zero-order chi connectivity index (χ0) is 20.2. The van der Waals surface area contributed by atoms with Crippen LogP contribution in [-0.4, -0.2) is 35.3 Å². The molecule has 4 rings (SSSR count). The van der Waals surface area contributed by atoms with Gasteiger partial charge in [0.25, 0.3) is 5.91 Å². The summed E-state index contributed by atoms with van der Waals surface area (Å²) in [5.74, 6) is 0.348. The molecule has 3 atom stereocenters. The van der Waals surface area contributed by atoms with Gasteiger partial charge in [-0.25, -0.2) is 0 Å². The Morgan fingerprint density at radius 3 is 2.79 bits per heavy atom. The average Bonchev–Trinajstić information content (AvgIpc) is 3.18. The van der Waals surface area contributed by atoms with Gasteiger partial charge >= 0.3 is 0 Å². The molecule has 2 heterocycles. The number of aliphatic hydroxyl groups excluding tert-OH is 1. The number of nitrogens with one attached hydrogen (secondary N) is 2. The second kappa shape index (κ2) is 8.35. The number of hydrogen-bond acceptors (Lipinski definition) is 5. The lowest BCUT2D eigenvalue weighted by Crippen LogP contribution is -2.50. The Hall–Kier alpha value is -3.34. The van der Waals surface area contributed by atoms with E-state index in [4.69, 9.17) is 14.7 Å². The third-order valence-electron chi connectivity index (χ3n) is 5.00. The molecule has 1 aliphatic heterocycles. The lowest BCUT2D eigenvalue weighted by atomic mass is 9.99. The molecule has 0 bridgehead atoms. The molecule has 148 valence electrons. The normalized spacial score (nSPS) is 20.1. The SMILES string of the molecule is N#CCCOc1ccc([C@@H](O)[C@@H]2CO[C@@H](c3c[nH]c4ccccc34)C(=O)N2)cc1. The van der Waals surface area contributed by atoms with Crippen LogP contribution in [0, 0.1) is 11.3 Å². The van der Waals surface area contributed by atoms with E-state index in [9.17, 15) is 9.90 Å². The predicted octanol–water partition coefficient (Wildman–Crippen LogP) is 2.75. The van der Waals surface area contributed by atoms with Crippen molar-refractivity contribution in [2.45, 2.75) is 24.7 Å². The van der Waals surface area contributed by atoms with Gasteiger partial charge < -0.3 is 24.9 Å². The molecule has 0 spiro atoms. The van der Waals surface area contributed by atoms with Crippen molar-refractivity contribution in [1.29, 1.82) is 5.26 Å². The van der Waals surface area contributed by atoms with Gasteiger partial charge in [-0.15, -0.1) is 0 Å². The summed E-state index contributed by atoms with van der Waals surface area (Å²) in [5, 5.41) is 23.0. The second-order valence-corrected chi connectivity index (χ2v) is 6.89. The highest BCUT2D eigenvalue weighted by molar-refractivity contribution is 5.91. The average molecular weight is 391 g/mol. The summed E-state index contributed by atoms with van der Waals surface area (Å²) in [7, 11) is 0. The maximum atomic E-state index is 12.7. The van der Waals surface area contributed by atoms with Crippen molar-refractivity contribution in [3.63, 3.8) is 0 Å². The molecular weight excluding hydrogens is 370 g/mol. The van der Waals surface area contributed by atoms with Crippen LogP contribution in [0.25, 0.3) is 10.9 Å². The Bertz CT molecular complexity index is 1040. The number of carbonyl (C=O) groups is 1. The van der Waals surface area contributed by atoms with E-state index >= 15 is 0 Å². The Kier molecular flexibility index (Phi) is 5.47. The van der Waals surface area contributed by atoms with E-state index in [0.717, 1.165) is 16.5 Å². The number of para-hydroxylation sites is 1. The fourth-order valence-corrected chi connectivity index (χ4v) is 3.50. The maximum Gasteiger partial charge on any atom is 0.254 e. The fourth-order valence-electron chi connectivity index (χ4n) is 3.50. The van der Waals surface area contributed by atoms with Crippen LogP contribution in [0.15, 0.2) is 54.7 Å². The van der Waals surface area contributed by atoms with Crippen LogP contribution >= 0.6 is 0 Å². The van der Waals surface area contributed by atoms with E-state index in [-0.39, 0.29) is 12.5 Å². The first kappa shape index (κ1) is 19.0. The first-order chi connectivity index (χ1) is 14.2. The summed E-state index contributed by atoms with van der Waals surface area (Å²) >= 11 is 0. The number of amides is 1. The van der Waals surface area contributed by atoms with Crippen LogP contribution in [0.3, 0.4) is 0 Å². The van der Waals surface area contributed by atoms with Gasteiger partial charge in [0.2, 0.25) is 0 Å². The molecule has 0 aliphatic carbocycles. The van der Waals surface area contributed by atoms with E-state index < -0.39 is 18.2 Å². The Balaban J connectivity index is 1.41. The number of carbonyl (C=O) groups excluding carboxylic acids is 1. The fraction of sp³-hybridized carbons (Fsp3) is 0.273. The number of morpholine rings is 1. The van der Waals surface area contributed by atoms with Gasteiger partial charge in [-0.2, -0.15) is 5.26 Å². The van der Waals surface area contributed by atoms with Gasteiger partial charge in [0.15, 0.2) is 6.10 Å². The summed E-state index contributed by atoms with van der Waals surface area (Å²) in [6.07, 6.45) is 0.478. The Morgan fingerprint density at radius 2 is 2.03 bits per heavy atom. The van der Waals surface area contributed by atoms with Crippen LogP contribution in [0.4, 0.5) is 0 Å². The molecule has 3 aromatic rings. The van der Waals surface area contributed by atoms with Crippen molar-refractivity contribution >= 4 is 16.8 Å². The second-order valence-electron chi connectivity index (χ2n) is 6.89.